The Morgan fingerprint density at radius 3 is 2.50 bits per heavy atom. The third-order valence-corrected chi connectivity index (χ3v) is 2.25. The van der Waals surface area contributed by atoms with Crippen LogP contribution in [0, 0.1) is 0 Å². The van der Waals surface area contributed by atoms with Gasteiger partial charge >= 0.3 is 0 Å². The van der Waals surface area contributed by atoms with Crippen LogP contribution in [-0.4, -0.2) is 25.9 Å². The summed E-state index contributed by atoms with van der Waals surface area (Å²) in [4.78, 5) is 0. The van der Waals surface area contributed by atoms with Gasteiger partial charge in [0.1, 0.15) is 11.5 Å². The fraction of sp³-hybridized carbons (Fsp3) is 0.455. The number of ether oxygens (including phenoxy) is 2. The molecule has 1 rings (SSSR count). The number of aliphatic hydroxyl groups is 1. The maximum atomic E-state index is 9.05. The highest BCUT2D eigenvalue weighted by Gasteiger charge is 2.10. The van der Waals surface area contributed by atoms with Crippen molar-refractivity contribution in [1.29, 1.82) is 0 Å². The van der Waals surface area contributed by atoms with E-state index in [2.05, 4.69) is 0 Å². The average molecular weight is 196 g/mol. The molecule has 0 fully saturated rings. The molecule has 1 atom stereocenters. The molecule has 0 radical (unpaired) electrons. The number of methoxy groups -OCH3 is 2. The van der Waals surface area contributed by atoms with Crippen molar-refractivity contribution in [2.75, 3.05) is 20.8 Å². The highest BCUT2D eigenvalue weighted by Crippen LogP contribution is 2.29. The van der Waals surface area contributed by atoms with Crippen LogP contribution in [0.1, 0.15) is 18.4 Å². The summed E-state index contributed by atoms with van der Waals surface area (Å²) in [5.74, 6) is 1.59. The second kappa shape index (κ2) is 4.86. The van der Waals surface area contributed by atoms with Gasteiger partial charge in [0.25, 0.3) is 0 Å². The first-order chi connectivity index (χ1) is 6.72. The summed E-state index contributed by atoms with van der Waals surface area (Å²) in [5.41, 5.74) is 0.996. The molecule has 1 N–H and O–H groups in total. The lowest BCUT2D eigenvalue weighted by Crippen LogP contribution is -2.02. The van der Waals surface area contributed by atoms with Gasteiger partial charge in [-0.15, -0.1) is 0 Å². The van der Waals surface area contributed by atoms with Crippen LogP contribution < -0.4 is 9.47 Å². The molecular formula is C11H16O3. The van der Waals surface area contributed by atoms with Gasteiger partial charge in [-0.05, 0) is 11.6 Å². The Morgan fingerprint density at radius 2 is 2.00 bits per heavy atom. The van der Waals surface area contributed by atoms with Crippen LogP contribution in [0.15, 0.2) is 18.2 Å². The van der Waals surface area contributed by atoms with Crippen LogP contribution in [0.2, 0.25) is 0 Å². The fourth-order valence-corrected chi connectivity index (χ4v) is 1.32. The van der Waals surface area contributed by atoms with E-state index in [1.54, 1.807) is 14.2 Å². The van der Waals surface area contributed by atoms with Crippen LogP contribution in [-0.2, 0) is 0 Å². The smallest absolute Gasteiger partial charge is 0.126 e. The van der Waals surface area contributed by atoms with Crippen LogP contribution in [0.4, 0.5) is 0 Å². The summed E-state index contributed by atoms with van der Waals surface area (Å²) in [7, 11) is 3.23. The van der Waals surface area contributed by atoms with Gasteiger partial charge in [-0.1, -0.05) is 13.0 Å². The Morgan fingerprint density at radius 1 is 1.29 bits per heavy atom. The van der Waals surface area contributed by atoms with E-state index < -0.39 is 0 Å². The fourth-order valence-electron chi connectivity index (χ4n) is 1.32. The average Bonchev–Trinajstić information content (AvgIpc) is 2.27. The number of aliphatic hydroxyl groups excluding tert-OH is 1. The van der Waals surface area contributed by atoms with Crippen molar-refractivity contribution >= 4 is 0 Å². The Hall–Kier alpha value is -1.22. The van der Waals surface area contributed by atoms with E-state index in [1.165, 1.54) is 0 Å². The first-order valence-electron chi connectivity index (χ1n) is 4.55. The minimum Gasteiger partial charge on any atom is -0.497 e. The molecule has 0 saturated heterocycles. The summed E-state index contributed by atoms with van der Waals surface area (Å²) in [5, 5.41) is 9.05. The van der Waals surface area contributed by atoms with Crippen LogP contribution >= 0.6 is 0 Å². The molecule has 14 heavy (non-hydrogen) atoms. The zero-order chi connectivity index (χ0) is 10.6. The van der Waals surface area contributed by atoms with Crippen LogP contribution in [0.5, 0.6) is 11.5 Å². The lowest BCUT2D eigenvalue weighted by molar-refractivity contribution is 0.269. The van der Waals surface area contributed by atoms with E-state index in [0.29, 0.717) is 0 Å². The number of hydrogen-bond acceptors (Lipinski definition) is 3. The summed E-state index contributed by atoms with van der Waals surface area (Å²) >= 11 is 0. The topological polar surface area (TPSA) is 38.7 Å². The largest absolute Gasteiger partial charge is 0.497 e. The molecule has 0 spiro atoms. The predicted molar refractivity (Wildman–Crippen MR) is 55.0 cm³/mol. The van der Waals surface area contributed by atoms with Crippen molar-refractivity contribution in [3.63, 3.8) is 0 Å². The first-order valence-corrected chi connectivity index (χ1v) is 4.55. The molecule has 1 aromatic rings. The maximum Gasteiger partial charge on any atom is 0.126 e. The van der Waals surface area contributed by atoms with Gasteiger partial charge in [0, 0.05) is 18.6 Å². The van der Waals surface area contributed by atoms with E-state index in [9.17, 15) is 0 Å². The second-order valence-electron chi connectivity index (χ2n) is 3.19. The quantitative estimate of drug-likeness (QED) is 0.798. The normalized spacial score (nSPS) is 12.3. The molecule has 0 saturated carbocycles. The van der Waals surface area contributed by atoms with Gasteiger partial charge in [0.15, 0.2) is 0 Å². The number of benzene rings is 1. The van der Waals surface area contributed by atoms with Crippen LogP contribution in [0.25, 0.3) is 0 Å². The van der Waals surface area contributed by atoms with Crippen molar-refractivity contribution in [3.05, 3.63) is 23.8 Å². The van der Waals surface area contributed by atoms with Gasteiger partial charge in [-0.25, -0.2) is 0 Å². The highest BCUT2D eigenvalue weighted by atomic mass is 16.5. The molecule has 0 bridgehead atoms. The minimum atomic E-state index is 0.0795. The highest BCUT2D eigenvalue weighted by molar-refractivity contribution is 5.42. The lowest BCUT2D eigenvalue weighted by Gasteiger charge is -2.14. The summed E-state index contributed by atoms with van der Waals surface area (Å²) < 4.78 is 10.3. The molecular weight excluding hydrogens is 180 g/mol. The molecule has 1 aromatic carbocycles. The number of rotatable bonds is 4. The molecule has 0 aliphatic carbocycles. The molecule has 0 amide bonds. The van der Waals surface area contributed by atoms with Gasteiger partial charge in [0.05, 0.1) is 14.2 Å². The van der Waals surface area contributed by atoms with Gasteiger partial charge in [-0.2, -0.15) is 0 Å². The number of hydrogen-bond donors (Lipinski definition) is 1. The van der Waals surface area contributed by atoms with Crippen molar-refractivity contribution in [3.8, 4) is 11.5 Å². The van der Waals surface area contributed by atoms with E-state index in [4.69, 9.17) is 14.6 Å². The molecule has 0 aliphatic heterocycles. The maximum absolute atomic E-state index is 9.05. The van der Waals surface area contributed by atoms with Gasteiger partial charge in [-0.3, -0.25) is 0 Å². The molecule has 3 heteroatoms. The van der Waals surface area contributed by atoms with Crippen molar-refractivity contribution in [2.45, 2.75) is 12.8 Å². The third kappa shape index (κ3) is 2.17. The van der Waals surface area contributed by atoms with Crippen molar-refractivity contribution < 1.29 is 14.6 Å². The van der Waals surface area contributed by atoms with Gasteiger partial charge in [0.2, 0.25) is 0 Å². The monoisotopic (exact) mass is 196 g/mol. The SMILES string of the molecule is COc1ccc(C(C)CO)c(OC)c1. The van der Waals surface area contributed by atoms with Crippen LogP contribution in [0.3, 0.4) is 0 Å². The zero-order valence-corrected chi connectivity index (χ0v) is 8.78. The van der Waals surface area contributed by atoms with Crippen molar-refractivity contribution in [2.24, 2.45) is 0 Å². The van der Waals surface area contributed by atoms with E-state index in [0.717, 1.165) is 17.1 Å². The molecule has 0 aromatic heterocycles. The minimum absolute atomic E-state index is 0.0795. The van der Waals surface area contributed by atoms with Gasteiger partial charge < -0.3 is 14.6 Å². The molecule has 0 heterocycles. The zero-order valence-electron chi connectivity index (χ0n) is 8.78. The van der Waals surface area contributed by atoms with E-state index in [1.807, 2.05) is 25.1 Å². The first kappa shape index (κ1) is 10.9. The van der Waals surface area contributed by atoms with E-state index >= 15 is 0 Å². The Kier molecular flexibility index (Phi) is 3.77. The second-order valence-corrected chi connectivity index (χ2v) is 3.19. The molecule has 3 nitrogen and oxygen atoms in total. The lowest BCUT2D eigenvalue weighted by atomic mass is 10.0. The third-order valence-electron chi connectivity index (χ3n) is 2.25. The summed E-state index contributed by atoms with van der Waals surface area (Å²) in [6.45, 7) is 2.06. The standard InChI is InChI=1S/C11H16O3/c1-8(7-12)10-5-4-9(13-2)6-11(10)14-3/h4-6,8,12H,7H2,1-3H3. The Balaban J connectivity index is 3.04. The summed E-state index contributed by atoms with van der Waals surface area (Å²) in [6, 6.07) is 5.60. The molecule has 1 unspecified atom stereocenters. The molecule has 78 valence electrons. The summed E-state index contributed by atoms with van der Waals surface area (Å²) in [6.07, 6.45) is 0. The predicted octanol–water partition coefficient (Wildman–Crippen LogP) is 1.80. The Labute approximate surface area is 84.3 Å². The molecule has 0 aliphatic rings. The van der Waals surface area contributed by atoms with Crippen molar-refractivity contribution in [1.82, 2.24) is 0 Å². The van der Waals surface area contributed by atoms with E-state index in [-0.39, 0.29) is 12.5 Å². The Bertz CT molecular complexity index is 297.